The average molecular weight is 558 g/mol. The Hall–Kier alpha value is -2.69. The summed E-state index contributed by atoms with van der Waals surface area (Å²) >= 11 is 12.7. The molecule has 1 atom stereocenters. The molecule has 36 heavy (non-hydrogen) atoms. The molecule has 0 spiro atoms. The second kappa shape index (κ2) is 12.0. The van der Waals surface area contributed by atoms with Crippen molar-refractivity contribution in [3.05, 3.63) is 52.0 Å². The summed E-state index contributed by atoms with van der Waals surface area (Å²) in [5, 5.41) is 3.47. The summed E-state index contributed by atoms with van der Waals surface area (Å²) in [5.41, 5.74) is 0.683. The Labute approximate surface area is 221 Å². The van der Waals surface area contributed by atoms with Crippen molar-refractivity contribution in [1.82, 2.24) is 10.2 Å². The van der Waals surface area contributed by atoms with E-state index in [0.29, 0.717) is 33.7 Å². The van der Waals surface area contributed by atoms with E-state index < -0.39 is 28.5 Å². The zero-order chi connectivity index (χ0) is 26.5. The third-order valence-electron chi connectivity index (χ3n) is 5.71. The first kappa shape index (κ1) is 27.9. The highest BCUT2D eigenvalue weighted by Crippen LogP contribution is 2.36. The Balaban J connectivity index is 1.92. The molecule has 1 aliphatic heterocycles. The Kier molecular flexibility index (Phi) is 9.32. The van der Waals surface area contributed by atoms with Crippen molar-refractivity contribution in [3.8, 4) is 11.5 Å². The fourth-order valence-corrected chi connectivity index (χ4v) is 4.98. The van der Waals surface area contributed by atoms with Crippen LogP contribution >= 0.6 is 23.2 Å². The number of benzene rings is 2. The largest absolute Gasteiger partial charge is 0.454 e. The number of carbonyl (C=O) groups excluding carboxylic acids is 2. The molecule has 2 aromatic rings. The van der Waals surface area contributed by atoms with Crippen LogP contribution in [0.15, 0.2) is 36.4 Å². The zero-order valence-corrected chi connectivity index (χ0v) is 22.6. The highest BCUT2D eigenvalue weighted by molar-refractivity contribution is 7.92. The summed E-state index contributed by atoms with van der Waals surface area (Å²) in [4.78, 5) is 27.8. The van der Waals surface area contributed by atoms with Crippen LogP contribution in [-0.4, -0.2) is 57.3 Å². The van der Waals surface area contributed by atoms with Gasteiger partial charge in [-0.05, 0) is 37.6 Å². The summed E-state index contributed by atoms with van der Waals surface area (Å²) in [6, 6.07) is 8.61. The normalized spacial score (nSPS) is 13.2. The number of fused-ring (bicyclic) bond motifs is 1. The summed E-state index contributed by atoms with van der Waals surface area (Å²) < 4.78 is 37.0. The number of hydrogen-bond acceptors (Lipinski definition) is 6. The van der Waals surface area contributed by atoms with Crippen molar-refractivity contribution in [2.45, 2.75) is 39.3 Å². The summed E-state index contributed by atoms with van der Waals surface area (Å²) in [6.45, 7) is 3.43. The van der Waals surface area contributed by atoms with Gasteiger partial charge in [0.25, 0.3) is 0 Å². The second-order valence-corrected chi connectivity index (χ2v) is 11.1. The zero-order valence-electron chi connectivity index (χ0n) is 20.3. The molecule has 0 unspecified atom stereocenters. The van der Waals surface area contributed by atoms with E-state index >= 15 is 0 Å². The van der Waals surface area contributed by atoms with Gasteiger partial charge in [0.1, 0.15) is 12.6 Å². The van der Waals surface area contributed by atoms with Crippen LogP contribution in [0.25, 0.3) is 0 Å². The minimum Gasteiger partial charge on any atom is -0.454 e. The molecule has 2 amide bonds. The van der Waals surface area contributed by atoms with Crippen molar-refractivity contribution >= 4 is 50.7 Å². The number of ether oxygens (including phenoxy) is 2. The molecule has 0 bridgehead atoms. The molecule has 0 aliphatic carbocycles. The first-order valence-corrected chi connectivity index (χ1v) is 14.0. The molecule has 2 aromatic carbocycles. The van der Waals surface area contributed by atoms with Gasteiger partial charge in [-0.2, -0.15) is 0 Å². The van der Waals surface area contributed by atoms with Gasteiger partial charge in [0.15, 0.2) is 11.5 Å². The molecular weight excluding hydrogens is 529 g/mol. The van der Waals surface area contributed by atoms with Crippen LogP contribution in [0.3, 0.4) is 0 Å². The number of hydrogen-bond donors (Lipinski definition) is 1. The SMILES string of the molecule is CCCCNC(=O)[C@H](C)N(Cc1c(Cl)cccc1Cl)C(=O)CN(c1ccc2c(c1)OCO2)S(C)(=O)=O. The third-order valence-corrected chi connectivity index (χ3v) is 7.56. The van der Waals surface area contributed by atoms with Crippen molar-refractivity contribution in [3.63, 3.8) is 0 Å². The van der Waals surface area contributed by atoms with Crippen molar-refractivity contribution in [1.29, 1.82) is 0 Å². The first-order valence-electron chi connectivity index (χ1n) is 11.4. The maximum atomic E-state index is 13.6. The van der Waals surface area contributed by atoms with Gasteiger partial charge in [0.05, 0.1) is 11.9 Å². The van der Waals surface area contributed by atoms with E-state index in [-0.39, 0.29) is 24.9 Å². The van der Waals surface area contributed by atoms with Gasteiger partial charge in [0, 0.05) is 34.8 Å². The van der Waals surface area contributed by atoms with Crippen LogP contribution in [0.5, 0.6) is 11.5 Å². The van der Waals surface area contributed by atoms with Crippen LogP contribution < -0.4 is 19.1 Å². The monoisotopic (exact) mass is 557 g/mol. The summed E-state index contributed by atoms with van der Waals surface area (Å²) in [7, 11) is -3.88. The number of carbonyl (C=O) groups is 2. The summed E-state index contributed by atoms with van der Waals surface area (Å²) in [6.07, 6.45) is 2.68. The Morgan fingerprint density at radius 3 is 2.42 bits per heavy atom. The molecule has 0 radical (unpaired) electrons. The highest BCUT2D eigenvalue weighted by atomic mass is 35.5. The summed E-state index contributed by atoms with van der Waals surface area (Å²) in [5.74, 6) is -0.121. The molecule has 0 fully saturated rings. The fraction of sp³-hybridized carbons (Fsp3) is 0.417. The van der Waals surface area contributed by atoms with Crippen LogP contribution in [0, 0.1) is 0 Å². The van der Waals surface area contributed by atoms with E-state index in [9.17, 15) is 18.0 Å². The van der Waals surface area contributed by atoms with Crippen LogP contribution in [0.2, 0.25) is 10.0 Å². The topological polar surface area (TPSA) is 105 Å². The second-order valence-electron chi connectivity index (χ2n) is 8.35. The molecular formula is C24H29Cl2N3O6S. The maximum Gasteiger partial charge on any atom is 0.244 e. The van der Waals surface area contributed by atoms with Crippen molar-refractivity contribution in [2.24, 2.45) is 0 Å². The number of sulfonamides is 1. The standard InChI is InChI=1S/C24H29Cl2N3O6S/c1-4-5-11-27-24(31)16(2)28(13-18-19(25)7-6-8-20(18)26)23(30)14-29(36(3,32)33)17-9-10-21-22(12-17)35-15-34-21/h6-10,12,16H,4-5,11,13-15H2,1-3H3,(H,27,31)/t16-/m0/s1. The van der Waals surface area contributed by atoms with Gasteiger partial charge in [-0.25, -0.2) is 8.42 Å². The van der Waals surface area contributed by atoms with Gasteiger partial charge < -0.3 is 19.7 Å². The molecule has 1 N–H and O–H groups in total. The highest BCUT2D eigenvalue weighted by Gasteiger charge is 2.31. The lowest BCUT2D eigenvalue weighted by Crippen LogP contribution is -2.51. The molecule has 196 valence electrons. The van der Waals surface area contributed by atoms with Gasteiger partial charge in [-0.3, -0.25) is 13.9 Å². The number of amides is 2. The number of anilines is 1. The lowest BCUT2D eigenvalue weighted by molar-refractivity contribution is -0.139. The number of halogens is 2. The minimum absolute atomic E-state index is 0.0215. The minimum atomic E-state index is -3.88. The lowest BCUT2D eigenvalue weighted by atomic mass is 10.1. The van der Waals surface area contributed by atoms with E-state index in [0.717, 1.165) is 23.4 Å². The fourth-order valence-electron chi connectivity index (χ4n) is 3.63. The van der Waals surface area contributed by atoms with Crippen molar-refractivity contribution in [2.75, 3.05) is 30.4 Å². The smallest absolute Gasteiger partial charge is 0.244 e. The van der Waals surface area contributed by atoms with Gasteiger partial charge in [-0.15, -0.1) is 0 Å². The van der Waals surface area contributed by atoms with E-state index in [1.165, 1.54) is 17.0 Å². The van der Waals surface area contributed by atoms with E-state index in [2.05, 4.69) is 5.32 Å². The Morgan fingerprint density at radius 2 is 1.78 bits per heavy atom. The first-order chi connectivity index (χ1) is 17.0. The number of nitrogens with zero attached hydrogens (tertiary/aromatic N) is 2. The van der Waals surface area contributed by atoms with Gasteiger partial charge >= 0.3 is 0 Å². The van der Waals surface area contributed by atoms with E-state index in [4.69, 9.17) is 32.7 Å². The average Bonchev–Trinajstić information content (AvgIpc) is 3.29. The number of rotatable bonds is 11. The van der Waals surface area contributed by atoms with Crippen molar-refractivity contribution < 1.29 is 27.5 Å². The maximum absolute atomic E-state index is 13.6. The predicted octanol–water partition coefficient (Wildman–Crippen LogP) is 3.82. The molecule has 0 saturated heterocycles. The lowest BCUT2D eigenvalue weighted by Gasteiger charge is -2.32. The third kappa shape index (κ3) is 6.74. The Bertz CT molecular complexity index is 1200. The molecule has 1 aliphatic rings. The number of unbranched alkanes of at least 4 members (excludes halogenated alkanes) is 1. The molecule has 0 aromatic heterocycles. The molecule has 0 saturated carbocycles. The molecule has 9 nitrogen and oxygen atoms in total. The number of nitrogens with one attached hydrogen (secondary N) is 1. The predicted molar refractivity (Wildman–Crippen MR) is 139 cm³/mol. The van der Waals surface area contributed by atoms with E-state index in [1.54, 1.807) is 31.2 Å². The molecule has 12 heteroatoms. The van der Waals surface area contributed by atoms with E-state index in [1.807, 2.05) is 6.92 Å². The molecule has 1 heterocycles. The van der Waals surface area contributed by atoms with Gasteiger partial charge in [-0.1, -0.05) is 42.6 Å². The molecule has 3 rings (SSSR count). The van der Waals surface area contributed by atoms with Crippen LogP contribution in [-0.2, 0) is 26.2 Å². The Morgan fingerprint density at radius 1 is 1.11 bits per heavy atom. The quantitative estimate of drug-likeness (QED) is 0.421. The van der Waals surface area contributed by atoms with Crippen LogP contribution in [0.4, 0.5) is 5.69 Å². The van der Waals surface area contributed by atoms with Gasteiger partial charge in [0.2, 0.25) is 28.6 Å². The van der Waals surface area contributed by atoms with Crippen LogP contribution in [0.1, 0.15) is 32.3 Å².